The van der Waals surface area contributed by atoms with Gasteiger partial charge in [0.2, 0.25) is 0 Å². The van der Waals surface area contributed by atoms with Crippen LogP contribution in [0.5, 0.6) is 0 Å². The van der Waals surface area contributed by atoms with Crippen molar-refractivity contribution in [1.82, 2.24) is 15.0 Å². The van der Waals surface area contributed by atoms with E-state index in [0.29, 0.717) is 11.6 Å². The van der Waals surface area contributed by atoms with Gasteiger partial charge < -0.3 is 5.73 Å². The Labute approximate surface area is 106 Å². The first-order valence-corrected chi connectivity index (χ1v) is 6.32. The summed E-state index contributed by atoms with van der Waals surface area (Å²) in [6, 6.07) is 3.96. The summed E-state index contributed by atoms with van der Waals surface area (Å²) in [6.45, 7) is 2.01. The van der Waals surface area contributed by atoms with E-state index in [1.165, 1.54) is 12.8 Å². The number of nitrogens with two attached hydrogens (primary N) is 1. The Morgan fingerprint density at radius 3 is 2.72 bits per heavy atom. The number of nitrogens with zero attached hydrogens (tertiary/aromatic N) is 3. The van der Waals surface area contributed by atoms with Crippen LogP contribution in [0.2, 0.25) is 0 Å². The maximum absolute atomic E-state index is 6.03. The number of aromatic nitrogens is 3. The van der Waals surface area contributed by atoms with Crippen molar-refractivity contribution in [1.29, 1.82) is 0 Å². The minimum Gasteiger partial charge on any atom is -0.383 e. The van der Waals surface area contributed by atoms with E-state index in [2.05, 4.69) is 15.0 Å². The molecule has 0 radical (unpaired) electrons. The smallest absolute Gasteiger partial charge is 0.180 e. The van der Waals surface area contributed by atoms with E-state index in [9.17, 15) is 0 Å². The van der Waals surface area contributed by atoms with Gasteiger partial charge in [0.15, 0.2) is 5.82 Å². The number of fused-ring (bicyclic) bond motifs is 1. The highest BCUT2D eigenvalue weighted by Crippen LogP contribution is 2.26. The summed E-state index contributed by atoms with van der Waals surface area (Å²) in [4.78, 5) is 13.4. The zero-order chi connectivity index (χ0) is 12.5. The molecule has 2 aromatic rings. The molecule has 2 aromatic heterocycles. The predicted octanol–water partition coefficient (Wildman–Crippen LogP) is 2.31. The van der Waals surface area contributed by atoms with Crippen LogP contribution in [0.15, 0.2) is 18.3 Å². The van der Waals surface area contributed by atoms with Gasteiger partial charge >= 0.3 is 0 Å². The van der Waals surface area contributed by atoms with Crippen LogP contribution in [0.3, 0.4) is 0 Å². The van der Waals surface area contributed by atoms with Crippen molar-refractivity contribution >= 4 is 5.82 Å². The Morgan fingerprint density at radius 2 is 1.94 bits per heavy atom. The Bertz CT molecular complexity index is 575. The Balaban J connectivity index is 2.08. The number of hydrogen-bond acceptors (Lipinski definition) is 4. The predicted molar refractivity (Wildman–Crippen MR) is 71.1 cm³/mol. The van der Waals surface area contributed by atoms with Crippen molar-refractivity contribution in [2.75, 3.05) is 5.73 Å². The van der Waals surface area contributed by atoms with Crippen molar-refractivity contribution in [3.8, 4) is 11.5 Å². The van der Waals surface area contributed by atoms with Crippen molar-refractivity contribution in [3.63, 3.8) is 0 Å². The van der Waals surface area contributed by atoms with Crippen LogP contribution in [0, 0.1) is 6.92 Å². The van der Waals surface area contributed by atoms with Crippen LogP contribution in [0.4, 0.5) is 5.82 Å². The minimum absolute atomic E-state index is 0.622. The van der Waals surface area contributed by atoms with Crippen molar-refractivity contribution in [2.45, 2.75) is 32.6 Å². The molecule has 0 saturated heterocycles. The number of pyridine rings is 1. The van der Waals surface area contributed by atoms with E-state index < -0.39 is 0 Å². The first-order chi connectivity index (χ1) is 8.74. The van der Waals surface area contributed by atoms with Gasteiger partial charge in [-0.15, -0.1) is 0 Å². The van der Waals surface area contributed by atoms with Crippen LogP contribution in [-0.4, -0.2) is 15.0 Å². The average Bonchev–Trinajstić information content (AvgIpc) is 2.39. The molecular weight excluding hydrogens is 224 g/mol. The molecule has 1 aliphatic rings. The summed E-state index contributed by atoms with van der Waals surface area (Å²) in [6.07, 6.45) is 6.20. The highest BCUT2D eigenvalue weighted by molar-refractivity contribution is 5.55. The van der Waals surface area contributed by atoms with E-state index in [0.717, 1.165) is 35.4 Å². The molecule has 0 atom stereocenters. The molecule has 0 saturated carbocycles. The molecule has 4 heteroatoms. The number of nitrogen functional groups attached to an aromatic ring is 1. The summed E-state index contributed by atoms with van der Waals surface area (Å²) >= 11 is 0. The second-order valence-corrected chi connectivity index (χ2v) is 4.79. The first-order valence-electron chi connectivity index (χ1n) is 6.32. The molecule has 1 aliphatic carbocycles. The molecule has 0 fully saturated rings. The molecule has 2 N–H and O–H groups in total. The zero-order valence-electron chi connectivity index (χ0n) is 10.5. The van der Waals surface area contributed by atoms with Crippen LogP contribution in [0.25, 0.3) is 11.5 Å². The van der Waals surface area contributed by atoms with E-state index in [1.807, 2.05) is 25.3 Å². The van der Waals surface area contributed by atoms with E-state index in [4.69, 9.17) is 5.73 Å². The van der Waals surface area contributed by atoms with E-state index in [-0.39, 0.29) is 0 Å². The molecule has 3 rings (SSSR count). The quantitative estimate of drug-likeness (QED) is 0.830. The largest absolute Gasteiger partial charge is 0.383 e. The standard InChI is InChI=1S/C14H16N4/c1-9-6-7-12(16-8-9)14-17-11-5-3-2-4-10(11)13(15)18-14/h6-8H,2-5H2,1H3,(H2,15,17,18). The van der Waals surface area contributed by atoms with Crippen LogP contribution >= 0.6 is 0 Å². The summed E-state index contributed by atoms with van der Waals surface area (Å²) < 4.78 is 0. The highest BCUT2D eigenvalue weighted by atomic mass is 15.0. The van der Waals surface area contributed by atoms with Crippen LogP contribution < -0.4 is 5.73 Å². The fraction of sp³-hybridized carbons (Fsp3) is 0.357. The SMILES string of the molecule is Cc1ccc(-c2nc(N)c3c(n2)CCCC3)nc1. The topological polar surface area (TPSA) is 64.7 Å². The van der Waals surface area contributed by atoms with Crippen molar-refractivity contribution in [3.05, 3.63) is 35.2 Å². The molecular formula is C14H16N4. The molecule has 4 nitrogen and oxygen atoms in total. The summed E-state index contributed by atoms with van der Waals surface area (Å²) in [5.74, 6) is 1.27. The summed E-state index contributed by atoms with van der Waals surface area (Å²) in [5, 5.41) is 0. The number of aryl methyl sites for hydroxylation is 2. The average molecular weight is 240 g/mol. The van der Waals surface area contributed by atoms with Gasteiger partial charge in [-0.25, -0.2) is 9.97 Å². The fourth-order valence-corrected chi connectivity index (χ4v) is 2.34. The molecule has 0 spiro atoms. The first kappa shape index (κ1) is 11.1. The summed E-state index contributed by atoms with van der Waals surface area (Å²) in [5.41, 5.74) is 10.2. The lowest BCUT2D eigenvalue weighted by Gasteiger charge is -2.16. The van der Waals surface area contributed by atoms with Gasteiger partial charge in [-0.2, -0.15) is 0 Å². The Hall–Kier alpha value is -1.97. The van der Waals surface area contributed by atoms with Gasteiger partial charge in [-0.05, 0) is 44.2 Å². The number of rotatable bonds is 1. The molecule has 2 heterocycles. The molecule has 0 bridgehead atoms. The lowest BCUT2D eigenvalue weighted by molar-refractivity contribution is 0.665. The van der Waals surface area contributed by atoms with E-state index in [1.54, 1.807) is 0 Å². The molecule has 92 valence electrons. The molecule has 0 aliphatic heterocycles. The van der Waals surface area contributed by atoms with Gasteiger partial charge in [0, 0.05) is 17.5 Å². The molecule has 18 heavy (non-hydrogen) atoms. The van der Waals surface area contributed by atoms with Crippen molar-refractivity contribution < 1.29 is 0 Å². The lowest BCUT2D eigenvalue weighted by atomic mass is 9.96. The third-order valence-corrected chi connectivity index (χ3v) is 3.36. The minimum atomic E-state index is 0.622. The van der Waals surface area contributed by atoms with Crippen LogP contribution in [-0.2, 0) is 12.8 Å². The highest BCUT2D eigenvalue weighted by Gasteiger charge is 2.17. The molecule has 0 aromatic carbocycles. The third-order valence-electron chi connectivity index (χ3n) is 3.36. The summed E-state index contributed by atoms with van der Waals surface area (Å²) in [7, 11) is 0. The van der Waals surface area contributed by atoms with Gasteiger partial charge in [0.1, 0.15) is 11.5 Å². The number of anilines is 1. The molecule has 0 unspecified atom stereocenters. The lowest BCUT2D eigenvalue weighted by Crippen LogP contribution is -2.12. The third kappa shape index (κ3) is 1.94. The zero-order valence-corrected chi connectivity index (χ0v) is 10.5. The number of hydrogen-bond donors (Lipinski definition) is 1. The van der Waals surface area contributed by atoms with Crippen molar-refractivity contribution in [2.24, 2.45) is 0 Å². The second-order valence-electron chi connectivity index (χ2n) is 4.79. The Morgan fingerprint density at radius 1 is 1.11 bits per heavy atom. The van der Waals surface area contributed by atoms with Crippen LogP contribution in [0.1, 0.15) is 29.7 Å². The van der Waals surface area contributed by atoms with Gasteiger partial charge in [-0.3, -0.25) is 4.98 Å². The fourth-order valence-electron chi connectivity index (χ4n) is 2.34. The van der Waals surface area contributed by atoms with Gasteiger partial charge in [0.05, 0.1) is 0 Å². The van der Waals surface area contributed by atoms with Gasteiger partial charge in [0.25, 0.3) is 0 Å². The monoisotopic (exact) mass is 240 g/mol. The maximum Gasteiger partial charge on any atom is 0.180 e. The normalized spacial score (nSPS) is 14.3. The van der Waals surface area contributed by atoms with Gasteiger partial charge in [-0.1, -0.05) is 6.07 Å². The second kappa shape index (κ2) is 4.37. The Kier molecular flexibility index (Phi) is 2.70. The molecule has 0 amide bonds. The van der Waals surface area contributed by atoms with E-state index >= 15 is 0 Å². The maximum atomic E-state index is 6.03.